The summed E-state index contributed by atoms with van der Waals surface area (Å²) in [4.78, 5) is 20.3. The minimum absolute atomic E-state index is 0.103. The molecule has 3 N–H and O–H groups in total. The Balaban J connectivity index is 1.47. The Morgan fingerprint density at radius 2 is 2.03 bits per heavy atom. The van der Waals surface area contributed by atoms with E-state index < -0.39 is 18.9 Å². The molecule has 1 aliphatic carbocycles. The molecule has 0 aliphatic heterocycles. The maximum absolute atomic E-state index is 12.4. The van der Waals surface area contributed by atoms with Crippen molar-refractivity contribution in [3.63, 3.8) is 0 Å². The maximum atomic E-state index is 12.4. The van der Waals surface area contributed by atoms with Crippen LogP contribution in [0.5, 0.6) is 5.75 Å². The highest BCUT2D eigenvalue weighted by atomic mass is 19.4. The third-order valence-corrected chi connectivity index (χ3v) is 5.52. The van der Waals surface area contributed by atoms with Crippen molar-refractivity contribution in [1.82, 2.24) is 25.0 Å². The van der Waals surface area contributed by atoms with Crippen LogP contribution in [-0.4, -0.2) is 54.9 Å². The first-order valence-corrected chi connectivity index (χ1v) is 10.1. The third kappa shape index (κ3) is 4.79. The SMILES string of the molecule is NC(=O)[C@@H]1CC[C@@H](Cc2ncc3nnn(-c4ccc(OC[C@H](O)C(F)(F)F)cc4)c3n2)C1. The number of amides is 1. The van der Waals surface area contributed by atoms with Crippen molar-refractivity contribution in [2.24, 2.45) is 17.6 Å². The number of aromatic nitrogens is 5. The average molecular weight is 450 g/mol. The van der Waals surface area contributed by atoms with Gasteiger partial charge in [-0.2, -0.15) is 17.9 Å². The number of aliphatic hydroxyl groups is 1. The van der Waals surface area contributed by atoms with E-state index in [1.54, 1.807) is 18.3 Å². The summed E-state index contributed by atoms with van der Waals surface area (Å²) in [6.07, 6.45) is -2.73. The van der Waals surface area contributed by atoms with E-state index in [0.29, 0.717) is 29.1 Å². The molecular weight excluding hydrogens is 429 g/mol. The molecule has 1 aliphatic rings. The fraction of sp³-hybridized carbons (Fsp3) is 0.450. The largest absolute Gasteiger partial charge is 0.491 e. The van der Waals surface area contributed by atoms with Gasteiger partial charge in [0.15, 0.2) is 17.3 Å². The van der Waals surface area contributed by atoms with Crippen molar-refractivity contribution < 1.29 is 27.8 Å². The molecule has 1 fully saturated rings. The van der Waals surface area contributed by atoms with Crippen LogP contribution in [0.4, 0.5) is 13.2 Å². The van der Waals surface area contributed by atoms with Crippen molar-refractivity contribution in [2.75, 3.05) is 6.61 Å². The number of carbonyl (C=O) groups is 1. The number of benzene rings is 1. The quantitative estimate of drug-likeness (QED) is 0.563. The molecule has 1 saturated carbocycles. The monoisotopic (exact) mass is 450 g/mol. The molecule has 170 valence electrons. The maximum Gasteiger partial charge on any atom is 0.417 e. The lowest BCUT2D eigenvalue weighted by Gasteiger charge is -2.15. The average Bonchev–Trinajstić information content (AvgIpc) is 3.39. The van der Waals surface area contributed by atoms with Crippen LogP contribution in [0.1, 0.15) is 25.1 Å². The standard InChI is InChI=1S/C20H21F3N6O3/c21-20(22,23)16(30)10-32-14-5-3-13(4-6-14)29-19-15(27-28-29)9-25-17(26-19)8-11-1-2-12(7-11)18(24)31/h3-6,9,11-12,16,30H,1-2,7-8,10H2,(H2,24,31)/t11-,12-,16+/m1/s1. The molecule has 0 bridgehead atoms. The first-order valence-electron chi connectivity index (χ1n) is 10.1. The number of aliphatic hydroxyl groups excluding tert-OH is 1. The number of halogens is 3. The van der Waals surface area contributed by atoms with Crippen LogP contribution in [0.2, 0.25) is 0 Å². The number of primary amides is 1. The number of fused-ring (bicyclic) bond motifs is 1. The van der Waals surface area contributed by atoms with E-state index in [9.17, 15) is 18.0 Å². The van der Waals surface area contributed by atoms with Gasteiger partial charge in [-0.15, -0.1) is 5.10 Å². The number of hydrogen-bond acceptors (Lipinski definition) is 7. The Bertz CT molecular complexity index is 1100. The van der Waals surface area contributed by atoms with E-state index >= 15 is 0 Å². The summed E-state index contributed by atoms with van der Waals surface area (Å²) in [5.74, 6) is 0.678. The molecule has 2 heterocycles. The summed E-state index contributed by atoms with van der Waals surface area (Å²) in [5, 5.41) is 17.2. The van der Waals surface area contributed by atoms with Crippen LogP contribution < -0.4 is 10.5 Å². The van der Waals surface area contributed by atoms with Crippen LogP contribution in [0.3, 0.4) is 0 Å². The first kappa shape index (κ1) is 21.9. The summed E-state index contributed by atoms with van der Waals surface area (Å²) in [6, 6.07) is 6.13. The van der Waals surface area contributed by atoms with Crippen molar-refractivity contribution >= 4 is 17.1 Å². The Labute approximate surface area is 180 Å². The van der Waals surface area contributed by atoms with Gasteiger partial charge < -0.3 is 15.6 Å². The highest BCUT2D eigenvalue weighted by Crippen LogP contribution is 2.32. The minimum atomic E-state index is -4.74. The second-order valence-corrected chi connectivity index (χ2v) is 7.84. The predicted molar refractivity (Wildman–Crippen MR) is 106 cm³/mol. The van der Waals surface area contributed by atoms with Crippen molar-refractivity contribution in [1.29, 1.82) is 0 Å². The molecule has 0 spiro atoms. The Morgan fingerprint density at radius 1 is 1.28 bits per heavy atom. The normalized spacial score (nSPS) is 19.9. The molecule has 0 unspecified atom stereocenters. The fourth-order valence-electron chi connectivity index (χ4n) is 3.77. The summed E-state index contributed by atoms with van der Waals surface area (Å²) in [7, 11) is 0. The van der Waals surface area contributed by atoms with Crippen molar-refractivity contribution in [2.45, 2.75) is 38.0 Å². The van der Waals surface area contributed by atoms with Gasteiger partial charge in [0.1, 0.15) is 18.2 Å². The summed E-state index contributed by atoms with van der Waals surface area (Å²) < 4.78 is 43.6. The number of carbonyl (C=O) groups excluding carboxylic acids is 1. The van der Waals surface area contributed by atoms with Crippen LogP contribution in [0.25, 0.3) is 16.9 Å². The third-order valence-electron chi connectivity index (χ3n) is 5.52. The number of hydrogen-bond donors (Lipinski definition) is 2. The lowest BCUT2D eigenvalue weighted by atomic mass is 10.0. The molecule has 12 heteroatoms. The van der Waals surface area contributed by atoms with Gasteiger partial charge in [0.2, 0.25) is 5.91 Å². The molecule has 1 amide bonds. The molecule has 9 nitrogen and oxygen atoms in total. The second-order valence-electron chi connectivity index (χ2n) is 7.84. The van der Waals surface area contributed by atoms with Gasteiger partial charge >= 0.3 is 6.18 Å². The zero-order valence-electron chi connectivity index (χ0n) is 16.9. The van der Waals surface area contributed by atoms with Gasteiger partial charge in [0.25, 0.3) is 0 Å². The van der Waals surface area contributed by atoms with Crippen LogP contribution in [-0.2, 0) is 11.2 Å². The highest BCUT2D eigenvalue weighted by Gasteiger charge is 2.38. The Hall–Kier alpha value is -3.28. The lowest BCUT2D eigenvalue weighted by Crippen LogP contribution is -2.34. The zero-order chi connectivity index (χ0) is 22.9. The van der Waals surface area contributed by atoms with Gasteiger partial charge in [-0.05, 0) is 49.4 Å². The molecule has 1 aromatic carbocycles. The van der Waals surface area contributed by atoms with E-state index in [2.05, 4.69) is 20.3 Å². The number of ether oxygens (including phenoxy) is 1. The topological polar surface area (TPSA) is 129 Å². The number of alkyl halides is 3. The van der Waals surface area contributed by atoms with E-state index in [1.165, 1.54) is 16.8 Å². The minimum Gasteiger partial charge on any atom is -0.491 e. The second kappa shape index (κ2) is 8.69. The fourth-order valence-corrected chi connectivity index (χ4v) is 3.77. The first-order chi connectivity index (χ1) is 15.2. The van der Waals surface area contributed by atoms with Gasteiger partial charge in [0, 0.05) is 12.3 Å². The lowest BCUT2D eigenvalue weighted by molar-refractivity contribution is -0.210. The van der Waals surface area contributed by atoms with Gasteiger partial charge in [0.05, 0.1) is 11.9 Å². The highest BCUT2D eigenvalue weighted by molar-refractivity contribution is 5.76. The Kier molecular flexibility index (Phi) is 5.96. The Morgan fingerprint density at radius 3 is 2.69 bits per heavy atom. The predicted octanol–water partition coefficient (Wildman–Crippen LogP) is 1.96. The zero-order valence-corrected chi connectivity index (χ0v) is 16.9. The summed E-state index contributed by atoms with van der Waals surface area (Å²) in [6.45, 7) is -0.899. The van der Waals surface area contributed by atoms with Crippen LogP contribution in [0.15, 0.2) is 30.5 Å². The van der Waals surface area contributed by atoms with Gasteiger partial charge in [-0.25, -0.2) is 9.97 Å². The molecule has 0 radical (unpaired) electrons. The van der Waals surface area contributed by atoms with E-state index in [0.717, 1.165) is 19.3 Å². The summed E-state index contributed by atoms with van der Waals surface area (Å²) in [5.41, 5.74) is 6.96. The van der Waals surface area contributed by atoms with Crippen LogP contribution >= 0.6 is 0 Å². The van der Waals surface area contributed by atoms with E-state index in [1.807, 2.05) is 0 Å². The molecule has 2 aromatic heterocycles. The molecule has 0 saturated heterocycles. The molecule has 3 aromatic rings. The molecule has 32 heavy (non-hydrogen) atoms. The van der Waals surface area contributed by atoms with Gasteiger partial charge in [-0.3, -0.25) is 4.79 Å². The molecule has 4 rings (SSSR count). The number of nitrogens with two attached hydrogens (primary N) is 1. The van der Waals surface area contributed by atoms with E-state index in [-0.39, 0.29) is 23.5 Å². The van der Waals surface area contributed by atoms with Gasteiger partial charge in [-0.1, -0.05) is 5.21 Å². The molecule has 3 atom stereocenters. The van der Waals surface area contributed by atoms with Crippen LogP contribution in [0, 0.1) is 11.8 Å². The van der Waals surface area contributed by atoms with E-state index in [4.69, 9.17) is 15.6 Å². The molecular formula is C20H21F3N6O3. The number of nitrogens with zero attached hydrogens (tertiary/aromatic N) is 5. The smallest absolute Gasteiger partial charge is 0.417 e. The number of rotatable bonds is 7. The van der Waals surface area contributed by atoms with Crippen molar-refractivity contribution in [3.8, 4) is 11.4 Å². The van der Waals surface area contributed by atoms with Crippen molar-refractivity contribution in [3.05, 3.63) is 36.3 Å². The summed E-state index contributed by atoms with van der Waals surface area (Å²) >= 11 is 0.